The van der Waals surface area contributed by atoms with Crippen molar-refractivity contribution in [1.82, 2.24) is 5.43 Å². The second kappa shape index (κ2) is 11.0. The number of hydrogen-bond acceptors (Lipinski definition) is 5. The number of hydrogen-bond donors (Lipinski definition) is 2. The van der Waals surface area contributed by atoms with E-state index in [0.29, 0.717) is 21.8 Å². The van der Waals surface area contributed by atoms with E-state index >= 15 is 0 Å². The number of hydrazone groups is 1. The van der Waals surface area contributed by atoms with Gasteiger partial charge in [0.05, 0.1) is 16.8 Å². The summed E-state index contributed by atoms with van der Waals surface area (Å²) in [5.74, 6) is -2.34. The van der Waals surface area contributed by atoms with Crippen LogP contribution in [0.3, 0.4) is 0 Å². The van der Waals surface area contributed by atoms with Gasteiger partial charge in [-0.25, -0.2) is 10.2 Å². The summed E-state index contributed by atoms with van der Waals surface area (Å²) in [5.41, 5.74) is 3.87. The number of nitrogens with one attached hydrogen (secondary N) is 2. The normalized spacial score (nSPS) is 10.9. The molecule has 2 amide bonds. The SMILES string of the molecule is Cc1c(Cl)cccc1NC(=O)C(=O)N/N=C\c1c(OC(=O)c2ccccc2Cl)ccc2ccccc12. The molecule has 180 valence electrons. The lowest BCUT2D eigenvalue weighted by molar-refractivity contribution is -0.136. The maximum atomic E-state index is 12.7. The van der Waals surface area contributed by atoms with Gasteiger partial charge in [-0.05, 0) is 53.6 Å². The summed E-state index contributed by atoms with van der Waals surface area (Å²) in [6.07, 6.45) is 1.31. The Morgan fingerprint density at radius 3 is 2.36 bits per heavy atom. The third-order valence-electron chi connectivity index (χ3n) is 5.31. The summed E-state index contributed by atoms with van der Waals surface area (Å²) in [7, 11) is 0. The van der Waals surface area contributed by atoms with Crippen molar-refractivity contribution in [2.45, 2.75) is 6.92 Å². The Bertz CT molecular complexity index is 1520. The van der Waals surface area contributed by atoms with Gasteiger partial charge in [0.1, 0.15) is 5.75 Å². The third kappa shape index (κ3) is 5.54. The molecular formula is C27H19Cl2N3O4. The summed E-state index contributed by atoms with van der Waals surface area (Å²) in [5, 5.41) is 8.72. The highest BCUT2D eigenvalue weighted by Crippen LogP contribution is 2.28. The highest BCUT2D eigenvalue weighted by Gasteiger charge is 2.17. The lowest BCUT2D eigenvalue weighted by Gasteiger charge is -2.11. The fourth-order valence-electron chi connectivity index (χ4n) is 3.41. The summed E-state index contributed by atoms with van der Waals surface area (Å²) >= 11 is 12.2. The van der Waals surface area contributed by atoms with E-state index in [2.05, 4.69) is 15.8 Å². The van der Waals surface area contributed by atoms with Crippen molar-refractivity contribution < 1.29 is 19.1 Å². The van der Waals surface area contributed by atoms with Crippen LogP contribution in [0, 0.1) is 6.92 Å². The van der Waals surface area contributed by atoms with E-state index < -0.39 is 17.8 Å². The Morgan fingerprint density at radius 2 is 1.56 bits per heavy atom. The highest BCUT2D eigenvalue weighted by molar-refractivity contribution is 6.40. The Morgan fingerprint density at radius 1 is 0.833 bits per heavy atom. The first kappa shape index (κ1) is 24.9. The molecule has 36 heavy (non-hydrogen) atoms. The topological polar surface area (TPSA) is 96.9 Å². The average molecular weight is 520 g/mol. The molecule has 4 aromatic carbocycles. The smallest absolute Gasteiger partial charge is 0.345 e. The zero-order valence-electron chi connectivity index (χ0n) is 18.9. The number of carbonyl (C=O) groups excluding carboxylic acids is 3. The van der Waals surface area contributed by atoms with Crippen molar-refractivity contribution in [3.05, 3.63) is 106 Å². The molecule has 0 aliphatic rings. The molecule has 2 N–H and O–H groups in total. The number of amides is 2. The second-order valence-electron chi connectivity index (χ2n) is 7.63. The summed E-state index contributed by atoms with van der Waals surface area (Å²) < 4.78 is 5.61. The van der Waals surface area contributed by atoms with Crippen molar-refractivity contribution in [3.63, 3.8) is 0 Å². The molecule has 0 aliphatic carbocycles. The highest BCUT2D eigenvalue weighted by atomic mass is 35.5. The molecule has 0 heterocycles. The van der Waals surface area contributed by atoms with Gasteiger partial charge in [-0.15, -0.1) is 0 Å². The first-order valence-corrected chi connectivity index (χ1v) is 11.5. The van der Waals surface area contributed by atoms with Crippen molar-refractivity contribution in [2.24, 2.45) is 5.10 Å². The molecule has 0 aliphatic heterocycles. The van der Waals surface area contributed by atoms with Crippen molar-refractivity contribution in [3.8, 4) is 5.75 Å². The van der Waals surface area contributed by atoms with Crippen molar-refractivity contribution >= 4 is 63.7 Å². The molecule has 9 heteroatoms. The van der Waals surface area contributed by atoms with Crippen LogP contribution in [-0.4, -0.2) is 24.0 Å². The molecule has 0 atom stereocenters. The molecule has 0 unspecified atom stereocenters. The maximum absolute atomic E-state index is 12.7. The fraction of sp³-hybridized carbons (Fsp3) is 0.0370. The molecule has 4 rings (SSSR count). The molecular weight excluding hydrogens is 501 g/mol. The van der Waals surface area contributed by atoms with Crippen LogP contribution in [-0.2, 0) is 9.59 Å². The Kier molecular flexibility index (Phi) is 7.63. The summed E-state index contributed by atoms with van der Waals surface area (Å²) in [6.45, 7) is 1.72. The minimum atomic E-state index is -0.986. The molecule has 0 spiro atoms. The van der Waals surface area contributed by atoms with Crippen LogP contribution in [0.15, 0.2) is 84.0 Å². The molecule has 7 nitrogen and oxygen atoms in total. The van der Waals surface area contributed by atoms with Crippen LogP contribution >= 0.6 is 23.2 Å². The number of benzene rings is 4. The predicted molar refractivity (Wildman–Crippen MR) is 141 cm³/mol. The monoisotopic (exact) mass is 519 g/mol. The van der Waals surface area contributed by atoms with E-state index in [0.717, 1.165) is 10.8 Å². The van der Waals surface area contributed by atoms with E-state index in [4.69, 9.17) is 27.9 Å². The third-order valence-corrected chi connectivity index (χ3v) is 6.05. The maximum Gasteiger partial charge on any atom is 0.345 e. The molecule has 0 fully saturated rings. The molecule has 0 saturated carbocycles. The van der Waals surface area contributed by atoms with E-state index in [-0.39, 0.29) is 16.3 Å². The number of esters is 1. The zero-order chi connectivity index (χ0) is 25.7. The summed E-state index contributed by atoms with van der Waals surface area (Å²) in [6, 6.07) is 22.3. The number of fused-ring (bicyclic) bond motifs is 1. The Balaban J connectivity index is 1.55. The van der Waals surface area contributed by atoms with Gasteiger partial charge in [-0.2, -0.15) is 5.10 Å². The van der Waals surface area contributed by atoms with Gasteiger partial charge >= 0.3 is 17.8 Å². The van der Waals surface area contributed by atoms with E-state index in [1.54, 1.807) is 61.5 Å². The largest absolute Gasteiger partial charge is 0.422 e. The van der Waals surface area contributed by atoms with Gasteiger partial charge in [-0.1, -0.05) is 71.7 Å². The Labute approximate surface area is 216 Å². The van der Waals surface area contributed by atoms with Crippen LogP contribution in [0.4, 0.5) is 5.69 Å². The van der Waals surface area contributed by atoms with Gasteiger partial charge in [0.15, 0.2) is 0 Å². The van der Waals surface area contributed by atoms with Crippen LogP contribution in [0.2, 0.25) is 10.0 Å². The van der Waals surface area contributed by atoms with Crippen molar-refractivity contribution in [1.29, 1.82) is 0 Å². The average Bonchev–Trinajstić information content (AvgIpc) is 2.87. The molecule has 4 aromatic rings. The number of rotatable bonds is 5. The minimum Gasteiger partial charge on any atom is -0.422 e. The second-order valence-corrected chi connectivity index (χ2v) is 8.45. The quantitative estimate of drug-likeness (QED) is 0.115. The summed E-state index contributed by atoms with van der Waals surface area (Å²) in [4.78, 5) is 37.4. The van der Waals surface area contributed by atoms with Crippen LogP contribution in [0.25, 0.3) is 10.8 Å². The first-order chi connectivity index (χ1) is 17.3. The number of halogens is 2. The Hall–Kier alpha value is -4.20. The number of anilines is 1. The lowest BCUT2D eigenvalue weighted by atomic mass is 10.0. The molecule has 0 saturated heterocycles. The van der Waals surface area contributed by atoms with Gasteiger partial charge in [0, 0.05) is 16.3 Å². The fourth-order valence-corrected chi connectivity index (χ4v) is 3.79. The molecule has 0 radical (unpaired) electrons. The van der Waals surface area contributed by atoms with Crippen molar-refractivity contribution in [2.75, 3.05) is 5.32 Å². The minimum absolute atomic E-state index is 0.204. The van der Waals surface area contributed by atoms with E-state index in [9.17, 15) is 14.4 Å². The van der Waals surface area contributed by atoms with Gasteiger partial charge in [0.25, 0.3) is 0 Å². The van der Waals surface area contributed by atoms with Crippen LogP contribution < -0.4 is 15.5 Å². The van der Waals surface area contributed by atoms with Crippen LogP contribution in [0.1, 0.15) is 21.5 Å². The molecule has 0 aromatic heterocycles. The number of nitrogens with zero attached hydrogens (tertiary/aromatic N) is 1. The predicted octanol–water partition coefficient (Wildman–Crippen LogP) is 5.76. The van der Waals surface area contributed by atoms with Gasteiger partial charge in [-0.3, -0.25) is 9.59 Å². The van der Waals surface area contributed by atoms with Gasteiger partial charge < -0.3 is 10.1 Å². The van der Waals surface area contributed by atoms with E-state index in [1.165, 1.54) is 6.21 Å². The zero-order valence-corrected chi connectivity index (χ0v) is 20.4. The van der Waals surface area contributed by atoms with Crippen LogP contribution in [0.5, 0.6) is 5.75 Å². The van der Waals surface area contributed by atoms with Gasteiger partial charge in [0.2, 0.25) is 0 Å². The lowest BCUT2D eigenvalue weighted by Crippen LogP contribution is -2.32. The standard InChI is InChI=1S/C27H19Cl2N3O4/c1-16-21(28)11-6-12-23(16)31-25(33)26(34)32-30-15-20-18-8-3-2-7-17(18)13-14-24(20)36-27(35)19-9-4-5-10-22(19)29/h2-15H,1H3,(H,31,33)(H,32,34)/b30-15-. The van der Waals surface area contributed by atoms with E-state index in [1.807, 2.05) is 24.3 Å². The number of carbonyl (C=O) groups is 3. The first-order valence-electron chi connectivity index (χ1n) is 10.7. The molecule has 0 bridgehead atoms. The number of ether oxygens (including phenoxy) is 1.